The maximum Gasteiger partial charge on any atom is 0.280 e. The molecule has 0 amide bonds. The van der Waals surface area contributed by atoms with Gasteiger partial charge in [0.15, 0.2) is 41.3 Å². The maximum absolute atomic E-state index is 15.5. The minimum Gasteiger partial charge on any atom is -0.394 e. The van der Waals surface area contributed by atoms with Crippen LogP contribution in [0.5, 0.6) is 0 Å². The number of rotatable bonds is 7. The number of hydrogen-bond donors (Lipinski definition) is 6. The molecule has 4 aromatic rings. The summed E-state index contributed by atoms with van der Waals surface area (Å²) in [4.78, 5) is 34.3. The lowest BCUT2D eigenvalue weighted by atomic mass is 10.1. The van der Waals surface area contributed by atoms with Crippen molar-refractivity contribution in [3.05, 3.63) is 29.3 Å². The third kappa shape index (κ3) is 4.55. The minimum absolute atomic E-state index is 0.0575. The van der Waals surface area contributed by atoms with Gasteiger partial charge in [-0.25, -0.2) is 28.7 Å². The van der Waals surface area contributed by atoms with Crippen molar-refractivity contribution in [1.82, 2.24) is 39.0 Å². The lowest BCUT2D eigenvalue weighted by Gasteiger charge is -2.27. The number of nitrogens with two attached hydrogens (primary N) is 2. The van der Waals surface area contributed by atoms with Crippen LogP contribution in [0.4, 0.5) is 20.5 Å². The first-order valence-electron chi connectivity index (χ1n) is 12.0. The summed E-state index contributed by atoms with van der Waals surface area (Å²) in [5.74, 6) is -0.204. The molecular formula is C20H23F2N10O7PS. The summed E-state index contributed by atoms with van der Waals surface area (Å²) in [6.07, 6.45) is -7.98. The Balaban J connectivity index is 1.25. The van der Waals surface area contributed by atoms with Crippen LogP contribution >= 0.6 is 18.8 Å². The van der Waals surface area contributed by atoms with Crippen molar-refractivity contribution < 1.29 is 37.6 Å². The predicted octanol–water partition coefficient (Wildman–Crippen LogP) is -0.544. The number of hydrogen-bond acceptors (Lipinski definition) is 14. The fraction of sp³-hybridized carbons (Fsp3) is 0.500. The summed E-state index contributed by atoms with van der Waals surface area (Å²) in [5.41, 5.74) is 9.17. The Hall–Kier alpha value is -3.26. The van der Waals surface area contributed by atoms with Crippen LogP contribution in [-0.4, -0.2) is 98.8 Å². The van der Waals surface area contributed by atoms with Crippen LogP contribution in [0.1, 0.15) is 12.5 Å². The molecule has 220 valence electrons. The van der Waals surface area contributed by atoms with Crippen LogP contribution < -0.4 is 17.0 Å². The number of nitrogens with zero attached hydrogens (tertiary/aromatic N) is 7. The second kappa shape index (κ2) is 10.2. The Morgan fingerprint density at radius 2 is 1.73 bits per heavy atom. The molecule has 7 N–H and O–H groups in total. The molecule has 2 saturated heterocycles. The molecule has 17 nitrogen and oxygen atoms in total. The highest BCUT2D eigenvalue weighted by atomic mass is 32.7. The van der Waals surface area contributed by atoms with Crippen LogP contribution in [0.3, 0.4) is 0 Å². The molecule has 2 aliphatic heterocycles. The average Bonchev–Trinajstić information content (AvgIpc) is 3.68. The molecule has 0 aliphatic carbocycles. The van der Waals surface area contributed by atoms with Gasteiger partial charge in [0.25, 0.3) is 12.1 Å². The highest BCUT2D eigenvalue weighted by Crippen LogP contribution is 2.64. The molecule has 2 fully saturated rings. The Bertz CT molecular complexity index is 1720. The van der Waals surface area contributed by atoms with Gasteiger partial charge in [-0.1, -0.05) is 12.2 Å². The summed E-state index contributed by atoms with van der Waals surface area (Å²) in [6, 6.07) is 0. The van der Waals surface area contributed by atoms with Gasteiger partial charge in [-0.2, -0.15) is 4.98 Å². The van der Waals surface area contributed by atoms with Gasteiger partial charge in [0.1, 0.15) is 42.0 Å². The Kier molecular flexibility index (Phi) is 6.96. The van der Waals surface area contributed by atoms with Gasteiger partial charge < -0.3 is 35.7 Å². The van der Waals surface area contributed by atoms with Crippen LogP contribution in [-0.2, 0) is 18.6 Å². The molecule has 21 heteroatoms. The molecule has 9 atom stereocenters. The number of halogens is 2. The zero-order valence-electron chi connectivity index (χ0n) is 20.6. The second-order valence-corrected chi connectivity index (χ2v) is 13.1. The van der Waals surface area contributed by atoms with Crippen molar-refractivity contribution in [3.8, 4) is 0 Å². The summed E-state index contributed by atoms with van der Waals surface area (Å²) >= 11 is 4.12. The molecule has 0 saturated carbocycles. The third-order valence-corrected chi connectivity index (χ3v) is 9.91. The van der Waals surface area contributed by atoms with E-state index in [9.17, 15) is 19.6 Å². The van der Waals surface area contributed by atoms with Crippen molar-refractivity contribution in [2.45, 2.75) is 48.8 Å². The number of aromatic amines is 1. The molecular weight excluding hydrogens is 593 g/mol. The number of aromatic nitrogens is 8. The minimum atomic E-state index is -4.35. The smallest absolute Gasteiger partial charge is 0.280 e. The van der Waals surface area contributed by atoms with Crippen LogP contribution in [0.2, 0.25) is 0 Å². The lowest BCUT2D eigenvalue weighted by molar-refractivity contribution is -0.0416. The highest BCUT2D eigenvalue weighted by Gasteiger charge is 2.56. The van der Waals surface area contributed by atoms with E-state index < -0.39 is 74.1 Å². The number of nitrogens with one attached hydrogen (secondary N) is 1. The van der Waals surface area contributed by atoms with E-state index in [0.29, 0.717) is 0 Å². The van der Waals surface area contributed by atoms with Gasteiger partial charge in [0.05, 0.1) is 25.9 Å². The third-order valence-electron chi connectivity index (χ3n) is 6.95. The molecule has 4 aromatic heterocycles. The first-order chi connectivity index (χ1) is 19.5. The topological polar surface area (TPSA) is 244 Å². The van der Waals surface area contributed by atoms with Crippen molar-refractivity contribution in [2.24, 2.45) is 0 Å². The number of aliphatic hydroxyl groups is 2. The molecule has 0 aromatic carbocycles. The van der Waals surface area contributed by atoms with E-state index in [1.54, 1.807) is 0 Å². The van der Waals surface area contributed by atoms with Gasteiger partial charge in [0, 0.05) is 0 Å². The van der Waals surface area contributed by atoms with Crippen LogP contribution in [0.15, 0.2) is 23.8 Å². The largest absolute Gasteiger partial charge is 0.394 e. The van der Waals surface area contributed by atoms with Crippen molar-refractivity contribution in [2.75, 3.05) is 24.7 Å². The van der Waals surface area contributed by atoms with Gasteiger partial charge in [-0.05, 0) is 0 Å². The quantitative estimate of drug-likeness (QED) is 0.113. The van der Waals surface area contributed by atoms with Gasteiger partial charge in [0.2, 0.25) is 5.95 Å². The van der Waals surface area contributed by atoms with Crippen molar-refractivity contribution in [1.29, 1.82) is 0 Å². The van der Waals surface area contributed by atoms with E-state index in [0.717, 1.165) is 17.2 Å². The fourth-order valence-corrected chi connectivity index (χ4v) is 7.49. The lowest BCUT2D eigenvalue weighted by Crippen LogP contribution is -2.33. The Morgan fingerprint density at radius 1 is 1.05 bits per heavy atom. The second-order valence-electron chi connectivity index (χ2n) is 9.40. The van der Waals surface area contributed by atoms with Crippen LogP contribution in [0.25, 0.3) is 22.3 Å². The number of fused-ring (bicyclic) bond motifs is 2. The summed E-state index contributed by atoms with van der Waals surface area (Å²) in [7, 11) is 0. The molecule has 6 rings (SSSR count). The summed E-state index contributed by atoms with van der Waals surface area (Å²) in [5, 5.41) is 20.2. The highest BCUT2D eigenvalue weighted by molar-refractivity contribution is 8.46. The number of anilines is 2. The number of thiol groups is 1. The normalized spacial score (nSPS) is 31.7. The first-order valence-corrected chi connectivity index (χ1v) is 14.9. The predicted molar refractivity (Wildman–Crippen MR) is 139 cm³/mol. The average molecular weight is 617 g/mol. The fourth-order valence-electron chi connectivity index (χ4n) is 4.94. The van der Waals surface area contributed by atoms with Crippen molar-refractivity contribution in [3.63, 3.8) is 0 Å². The number of H-pyrrole nitrogens is 1. The standard InChI is InChI=1S/C20H23F2N10O7PS/c21-8-6(1-33)38-19(32-5-28-11-16(32)29-20(24)30-17(11)35)13(8)40(36,41)37-2-7-12(34)9(22)18(39-7)31-4-27-10-14(23)25-3-26-15(10)31/h3-9,12-13,18-19,33-34H,1-2H2,(H,36,41)(H2,23,25,26)(H3,24,29,30,35)/t6-,7-,8+,9+,12-,13-,18-,19-,40-/m1/s1. The Morgan fingerprint density at radius 3 is 2.46 bits per heavy atom. The zero-order valence-corrected chi connectivity index (χ0v) is 22.4. The van der Waals surface area contributed by atoms with E-state index >= 15 is 8.78 Å². The maximum atomic E-state index is 15.5. The van der Waals surface area contributed by atoms with E-state index in [2.05, 4.69) is 42.2 Å². The van der Waals surface area contributed by atoms with Crippen molar-refractivity contribution >= 4 is 52.9 Å². The number of ether oxygens (including phenoxy) is 2. The van der Waals surface area contributed by atoms with Gasteiger partial charge in [-0.15, -0.1) is 0 Å². The van der Waals surface area contributed by atoms with Gasteiger partial charge in [-0.3, -0.25) is 23.5 Å². The number of aliphatic hydroxyl groups excluding tert-OH is 2. The number of nitrogen functional groups attached to an aromatic ring is 2. The zero-order chi connectivity index (χ0) is 29.2. The molecule has 0 radical (unpaired) electrons. The number of imidazole rings is 2. The Labute approximate surface area is 232 Å². The van der Waals surface area contributed by atoms with Crippen LogP contribution in [0, 0.1) is 0 Å². The van der Waals surface area contributed by atoms with E-state index in [4.69, 9.17) is 25.5 Å². The van der Waals surface area contributed by atoms with E-state index in [1.807, 2.05) is 0 Å². The first kappa shape index (κ1) is 27.9. The van der Waals surface area contributed by atoms with E-state index in [1.165, 1.54) is 10.9 Å². The van der Waals surface area contributed by atoms with Gasteiger partial charge >= 0.3 is 0 Å². The summed E-state index contributed by atoms with van der Waals surface area (Å²) in [6.45, 7) is -5.80. The molecule has 0 unspecified atom stereocenters. The molecule has 6 heterocycles. The van der Waals surface area contributed by atoms with E-state index in [-0.39, 0.29) is 34.1 Å². The summed E-state index contributed by atoms with van der Waals surface area (Å²) < 4.78 is 63.5. The number of alkyl halides is 2. The molecule has 0 spiro atoms. The monoisotopic (exact) mass is 616 g/mol. The molecule has 41 heavy (non-hydrogen) atoms. The SMILES string of the molecule is Nc1nc2c(ncn2[C@@H]2O[C@H](CO)[C@H](F)[C@H]2[P@](=O)(S)OC[C@H]2O[C@@H](n3cnc4c(N)ncnc43)[C@@H](F)[C@@H]2O)c(=O)[nH]1. The molecule has 2 aliphatic rings. The molecule has 0 bridgehead atoms.